The molecule has 2 aromatic rings. The molecule has 120 valence electrons. The molecule has 2 rings (SSSR count). The molecule has 6 heteroatoms. The number of rotatable bonds is 6. The SMILES string of the molecule is C=CCOc1ccc(/C=C(/C#N)c2ccc([N+](=O)[O-])cc2)cc1Br. The normalized spacial score (nSPS) is 10.8. The van der Waals surface area contributed by atoms with Crippen molar-refractivity contribution in [3.8, 4) is 11.8 Å². The molecule has 0 radical (unpaired) electrons. The van der Waals surface area contributed by atoms with Crippen molar-refractivity contribution in [2.75, 3.05) is 6.61 Å². The fourth-order valence-corrected chi connectivity index (χ4v) is 2.49. The highest BCUT2D eigenvalue weighted by atomic mass is 79.9. The summed E-state index contributed by atoms with van der Waals surface area (Å²) in [4.78, 5) is 10.2. The van der Waals surface area contributed by atoms with Crippen LogP contribution in [0.15, 0.2) is 59.6 Å². The number of ether oxygens (including phenoxy) is 1. The molecule has 0 bridgehead atoms. The van der Waals surface area contributed by atoms with E-state index in [9.17, 15) is 15.4 Å². The molecule has 0 aliphatic carbocycles. The van der Waals surface area contributed by atoms with E-state index in [1.54, 1.807) is 30.4 Å². The van der Waals surface area contributed by atoms with Crippen molar-refractivity contribution in [1.29, 1.82) is 5.26 Å². The second kappa shape index (κ2) is 8.09. The molecule has 0 N–H and O–H groups in total. The Morgan fingerprint density at radius 3 is 2.58 bits per heavy atom. The molecule has 0 unspecified atom stereocenters. The third-order valence-electron chi connectivity index (χ3n) is 3.13. The average Bonchev–Trinajstić information content (AvgIpc) is 2.59. The second-order valence-electron chi connectivity index (χ2n) is 4.76. The zero-order chi connectivity index (χ0) is 17.5. The van der Waals surface area contributed by atoms with Crippen LogP contribution in [0.1, 0.15) is 11.1 Å². The minimum Gasteiger partial charge on any atom is -0.488 e. The number of allylic oxidation sites excluding steroid dienone is 1. The summed E-state index contributed by atoms with van der Waals surface area (Å²) in [6.07, 6.45) is 3.37. The number of nitrogens with zero attached hydrogens (tertiary/aromatic N) is 2. The number of benzene rings is 2. The maximum atomic E-state index is 10.7. The number of halogens is 1. The highest BCUT2D eigenvalue weighted by Crippen LogP contribution is 2.28. The molecule has 0 aromatic heterocycles. The van der Waals surface area contributed by atoms with Crippen LogP contribution in [0.3, 0.4) is 0 Å². The topological polar surface area (TPSA) is 76.2 Å². The van der Waals surface area contributed by atoms with E-state index in [1.165, 1.54) is 12.1 Å². The van der Waals surface area contributed by atoms with E-state index in [0.29, 0.717) is 23.5 Å². The van der Waals surface area contributed by atoms with Gasteiger partial charge in [-0.3, -0.25) is 10.1 Å². The predicted octanol–water partition coefficient (Wildman–Crippen LogP) is 4.99. The number of nitro benzene ring substituents is 1. The van der Waals surface area contributed by atoms with Gasteiger partial charge in [-0.15, -0.1) is 0 Å². The Morgan fingerprint density at radius 1 is 1.33 bits per heavy atom. The Balaban J connectivity index is 2.30. The van der Waals surface area contributed by atoms with Crippen molar-refractivity contribution in [3.63, 3.8) is 0 Å². The fourth-order valence-electron chi connectivity index (χ4n) is 1.98. The maximum absolute atomic E-state index is 10.7. The molecule has 0 atom stereocenters. The van der Waals surface area contributed by atoms with Crippen LogP contribution in [0.25, 0.3) is 11.6 Å². The molecule has 0 heterocycles. The Kier molecular flexibility index (Phi) is 5.88. The van der Waals surface area contributed by atoms with E-state index < -0.39 is 4.92 Å². The first-order valence-electron chi connectivity index (χ1n) is 6.95. The molecule has 0 aliphatic rings. The molecular weight excluding hydrogens is 372 g/mol. The molecule has 0 fully saturated rings. The summed E-state index contributed by atoms with van der Waals surface area (Å²) in [6, 6.07) is 13.4. The standard InChI is InChI=1S/C18H13BrN2O3/c1-2-9-24-18-8-3-13(11-17(18)19)10-15(12-20)14-4-6-16(7-5-14)21(22)23/h2-8,10-11H,1,9H2/b15-10-. The number of hydrogen-bond donors (Lipinski definition) is 0. The van der Waals surface area contributed by atoms with Crippen molar-refractivity contribution >= 4 is 33.3 Å². The van der Waals surface area contributed by atoms with E-state index in [-0.39, 0.29) is 5.69 Å². The number of nitro groups is 1. The van der Waals surface area contributed by atoms with E-state index in [1.807, 2.05) is 12.1 Å². The van der Waals surface area contributed by atoms with Crippen LogP contribution in [0.2, 0.25) is 0 Å². The Bertz CT molecular complexity index is 836. The lowest BCUT2D eigenvalue weighted by Crippen LogP contribution is -1.93. The van der Waals surface area contributed by atoms with Gasteiger partial charge in [0.2, 0.25) is 0 Å². The van der Waals surface area contributed by atoms with Crippen molar-refractivity contribution in [2.24, 2.45) is 0 Å². The van der Waals surface area contributed by atoms with Gasteiger partial charge in [-0.25, -0.2) is 0 Å². The zero-order valence-electron chi connectivity index (χ0n) is 12.6. The monoisotopic (exact) mass is 384 g/mol. The summed E-state index contributed by atoms with van der Waals surface area (Å²) in [7, 11) is 0. The molecular formula is C18H13BrN2O3. The smallest absolute Gasteiger partial charge is 0.269 e. The summed E-state index contributed by atoms with van der Waals surface area (Å²) in [5.74, 6) is 0.681. The summed E-state index contributed by atoms with van der Waals surface area (Å²) >= 11 is 3.42. The number of hydrogen-bond acceptors (Lipinski definition) is 4. The van der Waals surface area contributed by atoms with Crippen molar-refractivity contribution in [2.45, 2.75) is 0 Å². The number of nitriles is 1. The van der Waals surface area contributed by atoms with E-state index in [4.69, 9.17) is 4.74 Å². The van der Waals surface area contributed by atoms with Crippen LogP contribution >= 0.6 is 15.9 Å². The van der Waals surface area contributed by atoms with Crippen LogP contribution in [0, 0.1) is 21.4 Å². The van der Waals surface area contributed by atoms with Crippen molar-refractivity contribution in [1.82, 2.24) is 0 Å². The summed E-state index contributed by atoms with van der Waals surface area (Å²) in [5, 5.41) is 20.0. The largest absolute Gasteiger partial charge is 0.488 e. The second-order valence-corrected chi connectivity index (χ2v) is 5.62. The van der Waals surface area contributed by atoms with E-state index in [0.717, 1.165) is 10.0 Å². The van der Waals surface area contributed by atoms with Gasteiger partial charge in [0, 0.05) is 12.1 Å². The minimum atomic E-state index is -0.474. The zero-order valence-corrected chi connectivity index (χ0v) is 14.2. The van der Waals surface area contributed by atoms with Gasteiger partial charge in [-0.1, -0.05) is 18.7 Å². The van der Waals surface area contributed by atoms with Gasteiger partial charge in [-0.2, -0.15) is 5.26 Å². The van der Waals surface area contributed by atoms with Gasteiger partial charge in [0.1, 0.15) is 12.4 Å². The van der Waals surface area contributed by atoms with Crippen LogP contribution in [-0.4, -0.2) is 11.5 Å². The van der Waals surface area contributed by atoms with Crippen LogP contribution in [0.5, 0.6) is 5.75 Å². The highest BCUT2D eigenvalue weighted by Gasteiger charge is 2.08. The fraction of sp³-hybridized carbons (Fsp3) is 0.0556. The minimum absolute atomic E-state index is 0.0116. The van der Waals surface area contributed by atoms with E-state index >= 15 is 0 Å². The van der Waals surface area contributed by atoms with Gasteiger partial charge in [0.15, 0.2) is 0 Å². The first-order valence-corrected chi connectivity index (χ1v) is 7.74. The lowest BCUT2D eigenvalue weighted by Gasteiger charge is -2.07. The lowest BCUT2D eigenvalue weighted by molar-refractivity contribution is -0.384. The van der Waals surface area contributed by atoms with Crippen LogP contribution < -0.4 is 4.74 Å². The van der Waals surface area contributed by atoms with Gasteiger partial charge in [0.25, 0.3) is 5.69 Å². The Hall–Kier alpha value is -2.91. The summed E-state index contributed by atoms with van der Waals surface area (Å²) < 4.78 is 6.24. The number of non-ortho nitro benzene ring substituents is 1. The van der Waals surface area contributed by atoms with Gasteiger partial charge >= 0.3 is 0 Å². The summed E-state index contributed by atoms with van der Waals surface area (Å²) in [6.45, 7) is 4.00. The average molecular weight is 385 g/mol. The van der Waals surface area contributed by atoms with E-state index in [2.05, 4.69) is 28.6 Å². The Labute approximate surface area is 147 Å². The first kappa shape index (κ1) is 17.4. The quantitative estimate of drug-likeness (QED) is 0.231. The molecule has 0 saturated heterocycles. The third kappa shape index (κ3) is 4.31. The third-order valence-corrected chi connectivity index (χ3v) is 3.75. The molecule has 0 aliphatic heterocycles. The predicted molar refractivity (Wildman–Crippen MR) is 96.4 cm³/mol. The van der Waals surface area contributed by atoms with Gasteiger partial charge in [0.05, 0.1) is 21.0 Å². The Morgan fingerprint density at radius 2 is 2.04 bits per heavy atom. The molecule has 2 aromatic carbocycles. The van der Waals surface area contributed by atoms with Gasteiger partial charge < -0.3 is 4.74 Å². The maximum Gasteiger partial charge on any atom is 0.269 e. The van der Waals surface area contributed by atoms with Crippen molar-refractivity contribution < 1.29 is 9.66 Å². The molecule has 0 spiro atoms. The molecule has 0 saturated carbocycles. The molecule has 0 amide bonds. The molecule has 24 heavy (non-hydrogen) atoms. The van der Waals surface area contributed by atoms with Crippen LogP contribution in [0.4, 0.5) is 5.69 Å². The van der Waals surface area contributed by atoms with Crippen LogP contribution in [-0.2, 0) is 0 Å². The van der Waals surface area contributed by atoms with Gasteiger partial charge in [-0.05, 0) is 57.4 Å². The lowest BCUT2D eigenvalue weighted by atomic mass is 10.0. The summed E-state index contributed by atoms with van der Waals surface area (Å²) in [5.41, 5.74) is 1.83. The van der Waals surface area contributed by atoms with Crippen molar-refractivity contribution in [3.05, 3.63) is 80.8 Å². The first-order chi connectivity index (χ1) is 11.5. The molecule has 5 nitrogen and oxygen atoms in total. The highest BCUT2D eigenvalue weighted by molar-refractivity contribution is 9.10.